The van der Waals surface area contributed by atoms with E-state index >= 15 is 0 Å². The Morgan fingerprint density at radius 2 is 2.00 bits per heavy atom. The lowest BCUT2D eigenvalue weighted by molar-refractivity contribution is -0.145. The first-order chi connectivity index (χ1) is 12.0. The third-order valence-corrected chi connectivity index (χ3v) is 4.45. The quantitative estimate of drug-likeness (QED) is 0.828. The maximum atomic E-state index is 13.0. The number of rotatable bonds is 5. The van der Waals surface area contributed by atoms with Crippen molar-refractivity contribution in [2.45, 2.75) is 26.4 Å². The number of imidazole rings is 1. The second-order valence-corrected chi connectivity index (χ2v) is 6.17. The predicted octanol–water partition coefficient (Wildman–Crippen LogP) is 1.59. The molecule has 132 valence electrons. The molecular formula is C18H21FN4O2. The molecule has 0 spiro atoms. The molecule has 3 rings (SSSR count). The van der Waals surface area contributed by atoms with E-state index < -0.39 is 0 Å². The molecule has 0 N–H and O–H groups in total. The molecule has 0 atom stereocenters. The van der Waals surface area contributed by atoms with Crippen LogP contribution in [0.5, 0.6) is 0 Å². The average molecular weight is 344 g/mol. The number of aryl methyl sites for hydroxylation is 2. The number of halogens is 1. The molecule has 0 radical (unpaired) electrons. The van der Waals surface area contributed by atoms with E-state index in [0.29, 0.717) is 32.6 Å². The van der Waals surface area contributed by atoms with Crippen LogP contribution < -0.4 is 0 Å². The Kier molecular flexibility index (Phi) is 5.11. The van der Waals surface area contributed by atoms with Gasteiger partial charge in [-0.3, -0.25) is 9.59 Å². The highest BCUT2D eigenvalue weighted by molar-refractivity contribution is 5.86. The number of hydrogen-bond acceptors (Lipinski definition) is 3. The molecule has 6 nitrogen and oxygen atoms in total. The minimum atomic E-state index is -0.293. The Morgan fingerprint density at radius 3 is 2.64 bits per heavy atom. The summed E-state index contributed by atoms with van der Waals surface area (Å²) in [7, 11) is 0. The van der Waals surface area contributed by atoms with E-state index in [1.807, 2.05) is 17.7 Å². The van der Waals surface area contributed by atoms with E-state index in [0.717, 1.165) is 11.4 Å². The first-order valence-corrected chi connectivity index (χ1v) is 8.30. The Hall–Kier alpha value is -2.70. The number of carbonyl (C=O) groups excluding carboxylic acids is 2. The summed E-state index contributed by atoms with van der Waals surface area (Å²) in [6.45, 7) is 4.01. The molecule has 7 heteroatoms. The first kappa shape index (κ1) is 17.1. The van der Waals surface area contributed by atoms with Crippen LogP contribution in [-0.4, -0.2) is 50.8 Å². The lowest BCUT2D eigenvalue weighted by atomic mass is 10.2. The first-order valence-electron chi connectivity index (χ1n) is 8.30. The molecule has 1 aliphatic rings. The summed E-state index contributed by atoms with van der Waals surface area (Å²) in [6, 6.07) is 6.12. The lowest BCUT2D eigenvalue weighted by Crippen LogP contribution is -2.51. The Balaban J connectivity index is 1.50. The van der Waals surface area contributed by atoms with Crippen LogP contribution in [-0.2, 0) is 22.7 Å². The van der Waals surface area contributed by atoms with Gasteiger partial charge in [0.15, 0.2) is 0 Å². The fourth-order valence-corrected chi connectivity index (χ4v) is 2.91. The summed E-state index contributed by atoms with van der Waals surface area (Å²) in [5.74, 6) is 0.470. The van der Waals surface area contributed by atoms with Crippen molar-refractivity contribution in [2.24, 2.45) is 0 Å². The number of carbonyl (C=O) groups is 2. The zero-order chi connectivity index (χ0) is 17.8. The van der Waals surface area contributed by atoms with Crippen LogP contribution in [0.2, 0.25) is 0 Å². The van der Waals surface area contributed by atoms with Crippen molar-refractivity contribution in [3.05, 3.63) is 53.9 Å². The smallest absolute Gasteiger partial charge is 0.242 e. The van der Waals surface area contributed by atoms with Gasteiger partial charge in [0.2, 0.25) is 11.8 Å². The Labute approximate surface area is 145 Å². The Bertz CT molecular complexity index is 757. The number of hydrogen-bond donors (Lipinski definition) is 0. The summed E-state index contributed by atoms with van der Waals surface area (Å²) in [5, 5.41) is 0. The van der Waals surface area contributed by atoms with Gasteiger partial charge in [0.25, 0.3) is 0 Å². The van der Waals surface area contributed by atoms with Crippen LogP contribution in [0.25, 0.3) is 0 Å². The minimum absolute atomic E-state index is 0.0251. The summed E-state index contributed by atoms with van der Waals surface area (Å²) in [6.07, 6.45) is 3.90. The van der Waals surface area contributed by atoms with E-state index in [2.05, 4.69) is 4.98 Å². The summed E-state index contributed by atoms with van der Waals surface area (Å²) in [5.41, 5.74) is 0.880. The average Bonchev–Trinajstić information content (AvgIpc) is 3.01. The van der Waals surface area contributed by atoms with Crippen molar-refractivity contribution in [1.29, 1.82) is 0 Å². The zero-order valence-electron chi connectivity index (χ0n) is 14.2. The number of benzene rings is 1. The second-order valence-electron chi connectivity index (χ2n) is 6.17. The third-order valence-electron chi connectivity index (χ3n) is 4.45. The molecule has 25 heavy (non-hydrogen) atoms. The van der Waals surface area contributed by atoms with E-state index in [9.17, 15) is 14.0 Å². The Morgan fingerprint density at radius 1 is 1.24 bits per heavy atom. The molecule has 1 fully saturated rings. The van der Waals surface area contributed by atoms with Crippen molar-refractivity contribution in [3.63, 3.8) is 0 Å². The van der Waals surface area contributed by atoms with Gasteiger partial charge in [-0.05, 0) is 24.6 Å². The van der Waals surface area contributed by atoms with Crippen LogP contribution in [0.3, 0.4) is 0 Å². The van der Waals surface area contributed by atoms with Crippen LogP contribution in [0.4, 0.5) is 4.39 Å². The van der Waals surface area contributed by atoms with Crippen LogP contribution >= 0.6 is 0 Å². The van der Waals surface area contributed by atoms with Gasteiger partial charge in [0.1, 0.15) is 11.6 Å². The van der Waals surface area contributed by atoms with Gasteiger partial charge in [-0.15, -0.1) is 0 Å². The fourth-order valence-electron chi connectivity index (χ4n) is 2.91. The van der Waals surface area contributed by atoms with Gasteiger partial charge in [0, 0.05) is 45.0 Å². The van der Waals surface area contributed by atoms with Gasteiger partial charge in [-0.25, -0.2) is 9.37 Å². The molecule has 1 aromatic heterocycles. The van der Waals surface area contributed by atoms with E-state index in [-0.39, 0.29) is 24.2 Å². The van der Waals surface area contributed by atoms with Crippen molar-refractivity contribution in [3.8, 4) is 0 Å². The number of nitrogens with zero attached hydrogens (tertiary/aromatic N) is 4. The summed E-state index contributed by atoms with van der Waals surface area (Å²) in [4.78, 5) is 32.1. The van der Waals surface area contributed by atoms with Crippen molar-refractivity contribution < 1.29 is 14.0 Å². The molecule has 0 saturated carbocycles. The minimum Gasteiger partial charge on any atom is -0.335 e. The zero-order valence-corrected chi connectivity index (χ0v) is 14.2. The topological polar surface area (TPSA) is 58.4 Å². The molecule has 1 aromatic carbocycles. The third kappa shape index (κ3) is 4.23. The van der Waals surface area contributed by atoms with Crippen LogP contribution in [0.15, 0.2) is 36.7 Å². The van der Waals surface area contributed by atoms with Gasteiger partial charge in [0.05, 0.1) is 6.54 Å². The van der Waals surface area contributed by atoms with Gasteiger partial charge >= 0.3 is 0 Å². The molecule has 2 aromatic rings. The van der Waals surface area contributed by atoms with Crippen molar-refractivity contribution >= 4 is 11.8 Å². The highest BCUT2D eigenvalue weighted by Gasteiger charge is 2.26. The number of piperazine rings is 1. The summed E-state index contributed by atoms with van der Waals surface area (Å²) < 4.78 is 14.9. The molecule has 2 amide bonds. The highest BCUT2D eigenvalue weighted by Crippen LogP contribution is 2.12. The molecule has 0 aliphatic carbocycles. The van der Waals surface area contributed by atoms with Crippen LogP contribution in [0, 0.1) is 12.7 Å². The SMILES string of the molecule is Cc1nccn1CCC(=O)N1CCN(Cc2ccc(F)cc2)C(=O)C1. The molecule has 0 bridgehead atoms. The van der Waals surface area contributed by atoms with Gasteiger partial charge < -0.3 is 14.4 Å². The number of aromatic nitrogens is 2. The number of amides is 2. The highest BCUT2D eigenvalue weighted by atomic mass is 19.1. The standard InChI is InChI=1S/C18H21FN4O2/c1-14-20-7-9-21(14)8-6-17(24)23-11-10-22(18(25)13-23)12-15-2-4-16(19)5-3-15/h2-5,7,9H,6,8,10-13H2,1H3. The normalized spacial score (nSPS) is 14.9. The maximum absolute atomic E-state index is 13.0. The summed E-state index contributed by atoms with van der Waals surface area (Å²) >= 11 is 0. The molecule has 1 aliphatic heterocycles. The molecule has 1 saturated heterocycles. The predicted molar refractivity (Wildman–Crippen MR) is 90.0 cm³/mol. The lowest BCUT2D eigenvalue weighted by Gasteiger charge is -2.34. The van der Waals surface area contributed by atoms with E-state index in [1.54, 1.807) is 28.1 Å². The van der Waals surface area contributed by atoms with Gasteiger partial charge in [-0.1, -0.05) is 12.1 Å². The van der Waals surface area contributed by atoms with E-state index in [1.165, 1.54) is 12.1 Å². The molecule has 2 heterocycles. The van der Waals surface area contributed by atoms with Gasteiger partial charge in [-0.2, -0.15) is 0 Å². The maximum Gasteiger partial charge on any atom is 0.242 e. The largest absolute Gasteiger partial charge is 0.335 e. The van der Waals surface area contributed by atoms with Crippen molar-refractivity contribution in [2.75, 3.05) is 19.6 Å². The second kappa shape index (κ2) is 7.46. The monoisotopic (exact) mass is 344 g/mol. The van der Waals surface area contributed by atoms with Crippen LogP contribution in [0.1, 0.15) is 17.8 Å². The fraction of sp³-hybridized carbons (Fsp3) is 0.389. The molecule has 0 unspecified atom stereocenters. The molecular weight excluding hydrogens is 323 g/mol. The van der Waals surface area contributed by atoms with Crippen molar-refractivity contribution in [1.82, 2.24) is 19.4 Å². The van der Waals surface area contributed by atoms with E-state index in [4.69, 9.17) is 0 Å².